The maximum Gasteiger partial charge on any atom is 0.276 e. The Labute approximate surface area is 108 Å². The van der Waals surface area contributed by atoms with Crippen LogP contribution in [0.25, 0.3) is 0 Å². The predicted molar refractivity (Wildman–Crippen MR) is 68.8 cm³/mol. The zero-order valence-corrected chi connectivity index (χ0v) is 10.1. The Hall–Kier alpha value is -2.14. The van der Waals surface area contributed by atoms with Crippen molar-refractivity contribution in [2.75, 3.05) is 5.32 Å². The number of rotatable bonds is 3. The molecule has 1 aromatic carbocycles. The van der Waals surface area contributed by atoms with Crippen molar-refractivity contribution in [2.24, 2.45) is 0 Å². The molecule has 0 radical (unpaired) electrons. The number of halogens is 1. The van der Waals surface area contributed by atoms with Crippen molar-refractivity contribution in [3.05, 3.63) is 58.0 Å². The van der Waals surface area contributed by atoms with Crippen LogP contribution >= 0.6 is 11.6 Å². The highest BCUT2D eigenvalue weighted by molar-refractivity contribution is 6.17. The Bertz CT molecular complexity index is 604. The van der Waals surface area contributed by atoms with E-state index in [1.807, 2.05) is 6.07 Å². The minimum atomic E-state index is -0.391. The number of H-pyrrole nitrogens is 1. The average Bonchev–Trinajstić information content (AvgIpc) is 2.39. The van der Waals surface area contributed by atoms with Gasteiger partial charge in [-0.3, -0.25) is 9.59 Å². The molecule has 0 spiro atoms. The van der Waals surface area contributed by atoms with Gasteiger partial charge in [0.1, 0.15) is 5.69 Å². The Kier molecular flexibility index (Phi) is 3.74. The number of aromatic amines is 1. The molecule has 6 heteroatoms. The second kappa shape index (κ2) is 5.46. The highest BCUT2D eigenvalue weighted by Crippen LogP contribution is 2.13. The SMILES string of the molecule is O=C(Nc1cccc(CCl)c1)c1ccc(=O)[nH]n1. The second-order valence-corrected chi connectivity index (χ2v) is 3.86. The van der Waals surface area contributed by atoms with Crippen LogP contribution in [0.4, 0.5) is 5.69 Å². The Morgan fingerprint density at radius 3 is 2.83 bits per heavy atom. The Morgan fingerprint density at radius 2 is 2.17 bits per heavy atom. The van der Waals surface area contributed by atoms with Gasteiger partial charge < -0.3 is 5.32 Å². The summed E-state index contributed by atoms with van der Waals surface area (Å²) in [7, 11) is 0. The van der Waals surface area contributed by atoms with Crippen LogP contribution in [-0.4, -0.2) is 16.1 Å². The lowest BCUT2D eigenvalue weighted by atomic mass is 10.2. The molecule has 2 rings (SSSR count). The van der Waals surface area contributed by atoms with Gasteiger partial charge in [-0.25, -0.2) is 5.10 Å². The molecule has 5 nitrogen and oxygen atoms in total. The van der Waals surface area contributed by atoms with Crippen LogP contribution in [0.15, 0.2) is 41.2 Å². The zero-order valence-electron chi connectivity index (χ0n) is 9.31. The summed E-state index contributed by atoms with van der Waals surface area (Å²) in [4.78, 5) is 22.6. The number of aromatic nitrogens is 2. The van der Waals surface area contributed by atoms with Gasteiger partial charge in [0.2, 0.25) is 0 Å². The smallest absolute Gasteiger partial charge is 0.276 e. The van der Waals surface area contributed by atoms with E-state index in [1.54, 1.807) is 18.2 Å². The summed E-state index contributed by atoms with van der Waals surface area (Å²) < 4.78 is 0. The highest BCUT2D eigenvalue weighted by Gasteiger charge is 2.07. The number of carbonyl (C=O) groups is 1. The van der Waals surface area contributed by atoms with E-state index in [1.165, 1.54) is 12.1 Å². The first-order valence-electron chi connectivity index (χ1n) is 5.21. The van der Waals surface area contributed by atoms with E-state index in [0.29, 0.717) is 11.6 Å². The summed E-state index contributed by atoms with van der Waals surface area (Å²) >= 11 is 5.71. The van der Waals surface area contributed by atoms with Crippen LogP contribution in [0.5, 0.6) is 0 Å². The number of benzene rings is 1. The van der Waals surface area contributed by atoms with Gasteiger partial charge in [-0.15, -0.1) is 11.6 Å². The molecule has 92 valence electrons. The normalized spacial score (nSPS) is 10.1. The summed E-state index contributed by atoms with van der Waals surface area (Å²) in [6.07, 6.45) is 0. The van der Waals surface area contributed by atoms with E-state index in [9.17, 15) is 9.59 Å². The van der Waals surface area contributed by atoms with Crippen molar-refractivity contribution in [2.45, 2.75) is 5.88 Å². The fourth-order valence-corrected chi connectivity index (χ4v) is 1.56. The van der Waals surface area contributed by atoms with E-state index in [2.05, 4.69) is 15.5 Å². The van der Waals surface area contributed by atoms with Gasteiger partial charge >= 0.3 is 0 Å². The van der Waals surface area contributed by atoms with Crippen LogP contribution in [0.3, 0.4) is 0 Å². The molecule has 18 heavy (non-hydrogen) atoms. The number of hydrogen-bond donors (Lipinski definition) is 2. The summed E-state index contributed by atoms with van der Waals surface area (Å²) in [5.41, 5.74) is 1.33. The number of nitrogens with one attached hydrogen (secondary N) is 2. The molecule has 0 atom stereocenters. The molecule has 2 aromatic rings. The van der Waals surface area contributed by atoms with E-state index < -0.39 is 5.91 Å². The lowest BCUT2D eigenvalue weighted by molar-refractivity contribution is 0.102. The summed E-state index contributed by atoms with van der Waals surface area (Å²) in [6.45, 7) is 0. The Morgan fingerprint density at radius 1 is 1.33 bits per heavy atom. The van der Waals surface area contributed by atoms with E-state index in [0.717, 1.165) is 5.56 Å². The van der Waals surface area contributed by atoms with E-state index >= 15 is 0 Å². The molecule has 0 unspecified atom stereocenters. The first-order valence-corrected chi connectivity index (χ1v) is 5.74. The number of carbonyl (C=O) groups excluding carboxylic acids is 1. The Balaban J connectivity index is 2.15. The fourth-order valence-electron chi connectivity index (χ4n) is 1.40. The van der Waals surface area contributed by atoms with Gasteiger partial charge in [0.25, 0.3) is 11.5 Å². The molecule has 0 bridgehead atoms. The molecule has 0 aliphatic carbocycles. The van der Waals surface area contributed by atoms with Gasteiger partial charge in [-0.05, 0) is 23.8 Å². The largest absolute Gasteiger partial charge is 0.321 e. The zero-order chi connectivity index (χ0) is 13.0. The van der Waals surface area contributed by atoms with Crippen LogP contribution in [0.2, 0.25) is 0 Å². The van der Waals surface area contributed by atoms with Crippen molar-refractivity contribution in [1.82, 2.24) is 10.2 Å². The molecular weight excluding hydrogens is 254 g/mol. The lowest BCUT2D eigenvalue weighted by Gasteiger charge is -2.05. The van der Waals surface area contributed by atoms with Gasteiger partial charge in [-0.1, -0.05) is 12.1 Å². The third-order valence-corrected chi connectivity index (χ3v) is 2.56. The first kappa shape index (κ1) is 12.3. The number of amides is 1. The molecule has 0 aliphatic rings. The molecule has 1 amide bonds. The topological polar surface area (TPSA) is 74.8 Å². The van der Waals surface area contributed by atoms with Gasteiger partial charge in [0.15, 0.2) is 0 Å². The molecule has 0 saturated heterocycles. The van der Waals surface area contributed by atoms with E-state index in [4.69, 9.17) is 11.6 Å². The van der Waals surface area contributed by atoms with Crippen molar-refractivity contribution in [3.63, 3.8) is 0 Å². The van der Waals surface area contributed by atoms with Crippen LogP contribution in [0, 0.1) is 0 Å². The summed E-state index contributed by atoms with van der Waals surface area (Å²) in [5, 5.41) is 8.51. The van der Waals surface area contributed by atoms with Crippen molar-refractivity contribution in [3.8, 4) is 0 Å². The van der Waals surface area contributed by atoms with Crippen LogP contribution in [-0.2, 0) is 5.88 Å². The summed E-state index contributed by atoms with van der Waals surface area (Å²) in [5.74, 6) is -0.0152. The second-order valence-electron chi connectivity index (χ2n) is 3.59. The standard InChI is InChI=1S/C12H10ClN3O2/c13-7-8-2-1-3-9(6-8)14-12(18)10-4-5-11(17)16-15-10/h1-6H,7H2,(H,14,18)(H,16,17). The number of alkyl halides is 1. The quantitative estimate of drug-likeness (QED) is 0.829. The third kappa shape index (κ3) is 2.95. The minimum absolute atomic E-state index is 0.144. The molecular formula is C12H10ClN3O2. The molecule has 0 saturated carbocycles. The first-order chi connectivity index (χ1) is 8.69. The van der Waals surface area contributed by atoms with Gasteiger partial charge in [0.05, 0.1) is 0 Å². The number of anilines is 1. The minimum Gasteiger partial charge on any atom is -0.321 e. The molecule has 0 aliphatic heterocycles. The van der Waals surface area contributed by atoms with Gasteiger partial charge in [0, 0.05) is 17.6 Å². The summed E-state index contributed by atoms with van der Waals surface area (Å²) in [6, 6.07) is 9.79. The van der Waals surface area contributed by atoms with Crippen LogP contribution in [0.1, 0.15) is 16.1 Å². The maximum atomic E-state index is 11.8. The predicted octanol–water partition coefficient (Wildman–Crippen LogP) is 1.76. The van der Waals surface area contributed by atoms with Crippen LogP contribution < -0.4 is 10.9 Å². The highest BCUT2D eigenvalue weighted by atomic mass is 35.5. The molecule has 1 aromatic heterocycles. The van der Waals surface area contributed by atoms with Crippen molar-refractivity contribution >= 4 is 23.2 Å². The molecule has 1 heterocycles. The van der Waals surface area contributed by atoms with Gasteiger partial charge in [-0.2, -0.15) is 5.10 Å². The lowest BCUT2D eigenvalue weighted by Crippen LogP contribution is -2.17. The fraction of sp³-hybridized carbons (Fsp3) is 0.0833. The van der Waals surface area contributed by atoms with Crippen molar-refractivity contribution in [1.29, 1.82) is 0 Å². The molecule has 2 N–H and O–H groups in total. The number of hydrogen-bond acceptors (Lipinski definition) is 3. The van der Waals surface area contributed by atoms with E-state index in [-0.39, 0.29) is 11.3 Å². The maximum absolute atomic E-state index is 11.8. The average molecular weight is 264 g/mol. The van der Waals surface area contributed by atoms with Crippen molar-refractivity contribution < 1.29 is 4.79 Å². The molecule has 0 fully saturated rings. The third-order valence-electron chi connectivity index (χ3n) is 2.25. The number of nitrogens with zero attached hydrogens (tertiary/aromatic N) is 1. The monoisotopic (exact) mass is 263 g/mol.